The van der Waals surface area contributed by atoms with Crippen molar-refractivity contribution in [3.05, 3.63) is 23.9 Å². The van der Waals surface area contributed by atoms with Gasteiger partial charge in [0.25, 0.3) is 0 Å². The molecule has 0 unspecified atom stereocenters. The summed E-state index contributed by atoms with van der Waals surface area (Å²) in [5, 5.41) is 9.23. The molecule has 3 heteroatoms. The van der Waals surface area contributed by atoms with Gasteiger partial charge in [-0.1, -0.05) is 57.3 Å². The summed E-state index contributed by atoms with van der Waals surface area (Å²) in [4.78, 5) is 12.7. The van der Waals surface area contributed by atoms with Crippen molar-refractivity contribution < 1.29 is 9.90 Å². The van der Waals surface area contributed by atoms with Gasteiger partial charge in [-0.25, -0.2) is 4.79 Å². The smallest absolute Gasteiger partial charge is 0.411 e. The lowest BCUT2D eigenvalue weighted by atomic mass is 10.1. The number of amides is 1. The Bertz CT molecular complexity index is 308. The van der Waals surface area contributed by atoms with Gasteiger partial charge in [0.1, 0.15) is 0 Å². The van der Waals surface area contributed by atoms with Gasteiger partial charge in [0.15, 0.2) is 0 Å². The number of hydrogen-bond donors (Lipinski definition) is 1. The van der Waals surface area contributed by atoms with Crippen LogP contribution in [-0.4, -0.2) is 22.6 Å². The van der Waals surface area contributed by atoms with E-state index in [2.05, 4.69) is 13.0 Å². The fourth-order valence-corrected chi connectivity index (χ4v) is 2.22. The molecule has 1 N–H and O–H groups in total. The quantitative estimate of drug-likeness (QED) is 0.507. The summed E-state index contributed by atoms with van der Waals surface area (Å²) >= 11 is 0. The SMILES string of the molecule is CCCCCCCCN(C(=O)O)C1=CCC=CC1. The molecule has 0 saturated carbocycles. The van der Waals surface area contributed by atoms with Gasteiger partial charge in [-0.15, -0.1) is 0 Å². The summed E-state index contributed by atoms with van der Waals surface area (Å²) in [5.41, 5.74) is 0.943. The van der Waals surface area contributed by atoms with E-state index < -0.39 is 6.09 Å². The van der Waals surface area contributed by atoms with Crippen molar-refractivity contribution in [2.24, 2.45) is 0 Å². The average molecular weight is 251 g/mol. The molecule has 1 rings (SSSR count). The summed E-state index contributed by atoms with van der Waals surface area (Å²) in [6.07, 6.45) is 14.1. The van der Waals surface area contributed by atoms with Crippen LogP contribution in [0.2, 0.25) is 0 Å². The highest BCUT2D eigenvalue weighted by atomic mass is 16.4. The van der Waals surface area contributed by atoms with E-state index in [4.69, 9.17) is 0 Å². The first-order valence-corrected chi connectivity index (χ1v) is 7.10. The van der Waals surface area contributed by atoms with Crippen LogP contribution in [0.25, 0.3) is 0 Å². The third-order valence-electron chi connectivity index (χ3n) is 3.30. The van der Waals surface area contributed by atoms with Gasteiger partial charge in [-0.3, -0.25) is 4.90 Å². The minimum absolute atomic E-state index is 0.640. The molecule has 1 aliphatic rings. The fraction of sp³-hybridized carbons (Fsp3) is 0.667. The van der Waals surface area contributed by atoms with Crippen LogP contribution in [0, 0.1) is 0 Å². The Labute approximate surface area is 110 Å². The van der Waals surface area contributed by atoms with Crippen LogP contribution in [0.3, 0.4) is 0 Å². The standard InChI is InChI=1S/C15H25NO2/c1-2-3-4-5-6-10-13-16(15(17)18)14-11-8-7-9-12-14/h7-8,12H,2-6,9-11,13H2,1H3,(H,17,18). The molecule has 1 aliphatic carbocycles. The van der Waals surface area contributed by atoms with Crippen molar-refractivity contribution in [1.29, 1.82) is 0 Å². The Hall–Kier alpha value is -1.25. The maximum Gasteiger partial charge on any atom is 0.411 e. The lowest BCUT2D eigenvalue weighted by molar-refractivity contribution is 0.156. The molecule has 0 aliphatic heterocycles. The molecule has 0 saturated heterocycles. The van der Waals surface area contributed by atoms with E-state index in [-0.39, 0.29) is 0 Å². The maximum absolute atomic E-state index is 11.2. The number of hydrogen-bond acceptors (Lipinski definition) is 1. The van der Waals surface area contributed by atoms with E-state index in [1.54, 1.807) is 0 Å². The van der Waals surface area contributed by atoms with Gasteiger partial charge in [0.2, 0.25) is 0 Å². The first-order chi connectivity index (χ1) is 8.75. The Kier molecular flexibility index (Phi) is 7.23. The zero-order valence-electron chi connectivity index (χ0n) is 11.4. The summed E-state index contributed by atoms with van der Waals surface area (Å²) in [6, 6.07) is 0. The van der Waals surface area contributed by atoms with Crippen LogP contribution in [0.15, 0.2) is 23.9 Å². The van der Waals surface area contributed by atoms with Crippen LogP contribution >= 0.6 is 0 Å². The minimum Gasteiger partial charge on any atom is -0.465 e. The normalized spacial score (nSPS) is 14.4. The predicted octanol–water partition coefficient (Wildman–Crippen LogP) is 4.56. The molecule has 0 radical (unpaired) electrons. The molecule has 0 aromatic rings. The van der Waals surface area contributed by atoms with Gasteiger partial charge in [0.05, 0.1) is 0 Å². The second-order valence-corrected chi connectivity index (χ2v) is 4.81. The third kappa shape index (κ3) is 5.39. The molecular formula is C15H25NO2. The highest BCUT2D eigenvalue weighted by molar-refractivity contribution is 5.67. The Morgan fingerprint density at radius 1 is 1.22 bits per heavy atom. The van der Waals surface area contributed by atoms with E-state index in [9.17, 15) is 9.90 Å². The molecule has 0 fully saturated rings. The first-order valence-electron chi connectivity index (χ1n) is 7.10. The van der Waals surface area contributed by atoms with Gasteiger partial charge in [0, 0.05) is 18.7 Å². The molecule has 0 aromatic carbocycles. The molecule has 0 heterocycles. The number of nitrogens with zero attached hydrogens (tertiary/aromatic N) is 1. The molecule has 0 aromatic heterocycles. The lowest BCUT2D eigenvalue weighted by Gasteiger charge is -2.23. The van der Waals surface area contributed by atoms with Crippen molar-refractivity contribution in [3.8, 4) is 0 Å². The van der Waals surface area contributed by atoms with Gasteiger partial charge >= 0.3 is 6.09 Å². The molecule has 0 bridgehead atoms. The zero-order valence-corrected chi connectivity index (χ0v) is 11.4. The van der Waals surface area contributed by atoms with Gasteiger partial charge in [-0.2, -0.15) is 0 Å². The summed E-state index contributed by atoms with van der Waals surface area (Å²) in [6.45, 7) is 2.84. The summed E-state index contributed by atoms with van der Waals surface area (Å²) in [7, 11) is 0. The number of carboxylic acid groups (broad SMARTS) is 1. The van der Waals surface area contributed by atoms with Crippen molar-refractivity contribution in [1.82, 2.24) is 4.90 Å². The lowest BCUT2D eigenvalue weighted by Crippen LogP contribution is -2.30. The monoisotopic (exact) mass is 251 g/mol. The number of allylic oxidation sites excluding steroid dienone is 3. The average Bonchev–Trinajstić information content (AvgIpc) is 2.38. The summed E-state index contributed by atoms with van der Waals surface area (Å²) in [5.74, 6) is 0. The molecule has 3 nitrogen and oxygen atoms in total. The van der Waals surface area contributed by atoms with Crippen molar-refractivity contribution in [2.45, 2.75) is 58.3 Å². The largest absolute Gasteiger partial charge is 0.465 e. The molecule has 18 heavy (non-hydrogen) atoms. The first kappa shape index (κ1) is 14.8. The second kappa shape index (κ2) is 8.78. The van der Waals surface area contributed by atoms with Crippen LogP contribution < -0.4 is 0 Å². The van der Waals surface area contributed by atoms with Crippen LogP contribution in [0.4, 0.5) is 4.79 Å². The Morgan fingerprint density at radius 3 is 2.56 bits per heavy atom. The predicted molar refractivity (Wildman–Crippen MR) is 74.6 cm³/mol. The van der Waals surface area contributed by atoms with E-state index in [1.807, 2.05) is 12.2 Å². The molecule has 0 atom stereocenters. The van der Waals surface area contributed by atoms with Crippen molar-refractivity contribution >= 4 is 6.09 Å². The van der Waals surface area contributed by atoms with Crippen molar-refractivity contribution in [2.75, 3.05) is 6.54 Å². The number of rotatable bonds is 8. The second-order valence-electron chi connectivity index (χ2n) is 4.81. The topological polar surface area (TPSA) is 40.5 Å². The van der Waals surface area contributed by atoms with Gasteiger partial charge < -0.3 is 5.11 Å². The Balaban J connectivity index is 2.26. The van der Waals surface area contributed by atoms with Crippen LogP contribution in [0.1, 0.15) is 58.3 Å². The molecule has 0 spiro atoms. The number of carbonyl (C=O) groups is 1. The molecule has 1 amide bonds. The third-order valence-corrected chi connectivity index (χ3v) is 3.30. The zero-order chi connectivity index (χ0) is 13.2. The highest BCUT2D eigenvalue weighted by Gasteiger charge is 2.16. The van der Waals surface area contributed by atoms with E-state index >= 15 is 0 Å². The highest BCUT2D eigenvalue weighted by Crippen LogP contribution is 2.17. The molecule has 102 valence electrons. The molecular weight excluding hydrogens is 226 g/mol. The Morgan fingerprint density at radius 2 is 1.94 bits per heavy atom. The maximum atomic E-state index is 11.2. The van der Waals surface area contributed by atoms with Crippen LogP contribution in [-0.2, 0) is 0 Å². The van der Waals surface area contributed by atoms with Crippen LogP contribution in [0.5, 0.6) is 0 Å². The van der Waals surface area contributed by atoms with E-state index in [0.717, 1.165) is 31.4 Å². The summed E-state index contributed by atoms with van der Waals surface area (Å²) < 4.78 is 0. The number of unbranched alkanes of at least 4 members (excludes halogenated alkanes) is 5. The van der Waals surface area contributed by atoms with Crippen molar-refractivity contribution in [3.63, 3.8) is 0 Å². The van der Waals surface area contributed by atoms with E-state index in [1.165, 1.54) is 30.6 Å². The van der Waals surface area contributed by atoms with E-state index in [0.29, 0.717) is 6.54 Å². The fourth-order valence-electron chi connectivity index (χ4n) is 2.22. The van der Waals surface area contributed by atoms with Gasteiger partial charge in [-0.05, 0) is 12.8 Å². The minimum atomic E-state index is -0.815.